The van der Waals surface area contributed by atoms with Crippen molar-refractivity contribution in [3.8, 4) is 6.07 Å². The van der Waals surface area contributed by atoms with Crippen LogP contribution in [0.2, 0.25) is 0 Å². The number of halogens is 3. The van der Waals surface area contributed by atoms with Crippen molar-refractivity contribution in [3.05, 3.63) is 58.4 Å². The largest absolute Gasteiger partial charge is 0.392 e. The number of piperazine rings is 1. The van der Waals surface area contributed by atoms with Crippen LogP contribution >= 0.6 is 0 Å². The number of carbonyl (C=O) groups excluding carboxylic acids is 2. The van der Waals surface area contributed by atoms with Crippen molar-refractivity contribution in [2.75, 3.05) is 6.54 Å². The van der Waals surface area contributed by atoms with Crippen LogP contribution in [-0.2, 0) is 16.1 Å². The first-order valence-electron chi connectivity index (χ1n) is 12.2. The van der Waals surface area contributed by atoms with Gasteiger partial charge in [-0.1, -0.05) is 26.0 Å². The standard InChI is InChI=1S/C24H26F3N5O2.C2H6/c1-14-12-31(13-17-5-3-16(11-28)4-6-17)23(34)22-10-21(30-32(14)22)19-8-7-18(24(25,26)27)9-20(19)29-15(2)33;1-2/h3-6,10,14,18,21,30H,7-9,12-13H2,1-2H3,(H,29,33);1-2H3. The Kier molecular flexibility index (Phi) is 8.46. The van der Waals surface area contributed by atoms with Crippen LogP contribution in [0, 0.1) is 17.2 Å². The number of hydrazine groups is 1. The van der Waals surface area contributed by atoms with Crippen LogP contribution in [0.15, 0.2) is 47.3 Å². The van der Waals surface area contributed by atoms with Crippen LogP contribution in [0.3, 0.4) is 0 Å². The van der Waals surface area contributed by atoms with E-state index < -0.39 is 24.0 Å². The number of amides is 2. The molecule has 0 radical (unpaired) electrons. The van der Waals surface area contributed by atoms with E-state index in [0.717, 1.165) is 5.56 Å². The highest BCUT2D eigenvalue weighted by molar-refractivity contribution is 5.94. The van der Waals surface area contributed by atoms with E-state index in [1.165, 1.54) is 6.92 Å². The van der Waals surface area contributed by atoms with Crippen LogP contribution < -0.4 is 10.7 Å². The number of rotatable bonds is 4. The summed E-state index contributed by atoms with van der Waals surface area (Å²) in [7, 11) is 0. The molecule has 2 N–H and O–H groups in total. The topological polar surface area (TPSA) is 88.5 Å². The van der Waals surface area contributed by atoms with Gasteiger partial charge in [0.25, 0.3) is 5.91 Å². The molecule has 3 aliphatic rings. The summed E-state index contributed by atoms with van der Waals surface area (Å²) in [6, 6.07) is 8.58. The fourth-order valence-corrected chi connectivity index (χ4v) is 4.83. The molecule has 3 atom stereocenters. The zero-order valence-electron chi connectivity index (χ0n) is 20.9. The molecule has 3 unspecified atom stereocenters. The third kappa shape index (κ3) is 5.90. The van der Waals surface area contributed by atoms with Gasteiger partial charge in [0, 0.05) is 25.7 Å². The van der Waals surface area contributed by atoms with Crippen molar-refractivity contribution in [2.24, 2.45) is 5.92 Å². The highest BCUT2D eigenvalue weighted by Gasteiger charge is 2.45. The molecule has 7 nitrogen and oxygen atoms in total. The number of benzene rings is 1. The summed E-state index contributed by atoms with van der Waals surface area (Å²) < 4.78 is 40.0. The van der Waals surface area contributed by atoms with E-state index in [1.54, 1.807) is 28.1 Å². The lowest BCUT2D eigenvalue weighted by molar-refractivity contribution is -0.177. The minimum Gasteiger partial charge on any atom is -0.331 e. The van der Waals surface area contributed by atoms with Gasteiger partial charge < -0.3 is 10.2 Å². The number of hydrogen-bond donors (Lipinski definition) is 2. The predicted molar refractivity (Wildman–Crippen MR) is 128 cm³/mol. The van der Waals surface area contributed by atoms with Gasteiger partial charge in [0.15, 0.2) is 0 Å². The van der Waals surface area contributed by atoms with Gasteiger partial charge in [-0.3, -0.25) is 14.6 Å². The number of nitrogens with one attached hydrogen (secondary N) is 2. The third-order valence-corrected chi connectivity index (χ3v) is 6.52. The average molecular weight is 504 g/mol. The molecule has 2 heterocycles. The fraction of sp³-hybridized carbons (Fsp3) is 0.500. The molecular formula is C26H32F3N5O2. The molecule has 0 bridgehead atoms. The monoisotopic (exact) mass is 503 g/mol. The molecule has 2 aliphatic heterocycles. The predicted octanol–water partition coefficient (Wildman–Crippen LogP) is 4.14. The molecule has 1 aromatic carbocycles. The molecule has 1 saturated heterocycles. The number of alkyl halides is 3. The van der Waals surface area contributed by atoms with Crippen LogP contribution in [0.25, 0.3) is 0 Å². The third-order valence-electron chi connectivity index (χ3n) is 6.52. The zero-order valence-corrected chi connectivity index (χ0v) is 20.9. The van der Waals surface area contributed by atoms with Crippen molar-refractivity contribution < 1.29 is 22.8 Å². The normalized spacial score (nSPS) is 23.9. The average Bonchev–Trinajstić information content (AvgIpc) is 3.29. The smallest absolute Gasteiger partial charge is 0.331 e. The van der Waals surface area contributed by atoms with Crippen LogP contribution in [0.4, 0.5) is 13.2 Å². The molecule has 0 aromatic heterocycles. The Balaban J connectivity index is 0.00000176. The van der Waals surface area contributed by atoms with E-state index in [1.807, 2.05) is 32.9 Å². The lowest BCUT2D eigenvalue weighted by Gasteiger charge is -2.40. The molecule has 1 aliphatic carbocycles. The summed E-state index contributed by atoms with van der Waals surface area (Å²) in [6.07, 6.45) is -2.75. The van der Waals surface area contributed by atoms with Gasteiger partial charge >= 0.3 is 6.18 Å². The van der Waals surface area contributed by atoms with Gasteiger partial charge in [-0.15, -0.1) is 0 Å². The lowest BCUT2D eigenvalue weighted by Crippen LogP contribution is -2.56. The van der Waals surface area contributed by atoms with Crippen LogP contribution in [-0.4, -0.2) is 46.5 Å². The maximum absolute atomic E-state index is 13.3. The number of fused-ring (bicyclic) bond motifs is 1. The summed E-state index contributed by atoms with van der Waals surface area (Å²) in [5.74, 6) is -2.10. The first-order valence-corrected chi connectivity index (χ1v) is 12.2. The Bertz CT molecular complexity index is 1090. The molecule has 1 fully saturated rings. The highest BCUT2D eigenvalue weighted by atomic mass is 19.4. The Labute approximate surface area is 209 Å². The minimum absolute atomic E-state index is 0.0579. The molecule has 2 amide bonds. The summed E-state index contributed by atoms with van der Waals surface area (Å²) in [6.45, 7) is 8.09. The lowest BCUT2D eigenvalue weighted by atomic mass is 9.83. The van der Waals surface area contributed by atoms with Crippen molar-refractivity contribution in [1.82, 2.24) is 20.7 Å². The Morgan fingerprint density at radius 1 is 1.25 bits per heavy atom. The molecule has 4 rings (SSSR count). The van der Waals surface area contributed by atoms with Crippen molar-refractivity contribution in [3.63, 3.8) is 0 Å². The number of nitrogens with zero attached hydrogens (tertiary/aromatic N) is 3. The molecule has 10 heteroatoms. The maximum Gasteiger partial charge on any atom is 0.392 e. The first-order chi connectivity index (χ1) is 17.1. The van der Waals surface area contributed by atoms with Gasteiger partial charge in [-0.05, 0) is 55.5 Å². The van der Waals surface area contributed by atoms with Crippen molar-refractivity contribution >= 4 is 11.8 Å². The number of hydrogen-bond acceptors (Lipinski definition) is 5. The van der Waals surface area contributed by atoms with Crippen LogP contribution in [0.1, 0.15) is 58.1 Å². The second kappa shape index (κ2) is 11.2. The van der Waals surface area contributed by atoms with Crippen LogP contribution in [0.5, 0.6) is 0 Å². The Morgan fingerprint density at radius 2 is 1.92 bits per heavy atom. The second-order valence-corrected chi connectivity index (χ2v) is 9.04. The first kappa shape index (κ1) is 27.3. The molecular weight excluding hydrogens is 471 g/mol. The van der Waals surface area contributed by atoms with Crippen molar-refractivity contribution in [2.45, 2.75) is 71.8 Å². The maximum atomic E-state index is 13.3. The second-order valence-electron chi connectivity index (χ2n) is 9.04. The number of allylic oxidation sites excluding steroid dienone is 1. The summed E-state index contributed by atoms with van der Waals surface area (Å²) in [4.78, 5) is 26.7. The van der Waals surface area contributed by atoms with E-state index in [2.05, 4.69) is 16.8 Å². The summed E-state index contributed by atoms with van der Waals surface area (Å²) in [5, 5.41) is 13.3. The summed E-state index contributed by atoms with van der Waals surface area (Å²) >= 11 is 0. The molecule has 194 valence electrons. The molecule has 36 heavy (non-hydrogen) atoms. The molecule has 1 aromatic rings. The zero-order chi connectivity index (χ0) is 26.6. The SMILES string of the molecule is CC.CC(=O)NC1=C(C2C=C3C(=O)N(Cc4ccc(C#N)cc4)CC(C)N3N2)CCC(C(F)(F)F)C1. The van der Waals surface area contributed by atoms with Gasteiger partial charge in [-0.25, -0.2) is 5.43 Å². The van der Waals surface area contributed by atoms with E-state index in [4.69, 9.17) is 5.26 Å². The Hall–Kier alpha value is -3.32. The van der Waals surface area contributed by atoms with Crippen molar-refractivity contribution in [1.29, 1.82) is 5.26 Å². The number of carbonyl (C=O) groups is 2. The van der Waals surface area contributed by atoms with Gasteiger partial charge in [0.2, 0.25) is 5.91 Å². The molecule has 0 spiro atoms. The Morgan fingerprint density at radius 3 is 2.50 bits per heavy atom. The summed E-state index contributed by atoms with van der Waals surface area (Å²) in [5.41, 5.74) is 6.12. The van der Waals surface area contributed by atoms with E-state index in [9.17, 15) is 22.8 Å². The van der Waals surface area contributed by atoms with E-state index >= 15 is 0 Å². The van der Waals surface area contributed by atoms with E-state index in [-0.39, 0.29) is 36.9 Å². The van der Waals surface area contributed by atoms with Gasteiger partial charge in [0.1, 0.15) is 5.70 Å². The number of nitriles is 1. The minimum atomic E-state index is -4.33. The van der Waals surface area contributed by atoms with E-state index in [0.29, 0.717) is 29.9 Å². The van der Waals surface area contributed by atoms with Gasteiger partial charge in [0.05, 0.1) is 29.6 Å². The highest BCUT2D eigenvalue weighted by Crippen LogP contribution is 2.41. The quantitative estimate of drug-likeness (QED) is 0.645. The fourth-order valence-electron chi connectivity index (χ4n) is 4.83. The molecule has 0 saturated carbocycles. The van der Waals surface area contributed by atoms with Gasteiger partial charge in [-0.2, -0.15) is 18.4 Å².